The van der Waals surface area contributed by atoms with Gasteiger partial charge in [0.1, 0.15) is 6.04 Å². The fourth-order valence-electron chi connectivity index (χ4n) is 3.87. The van der Waals surface area contributed by atoms with E-state index in [1.807, 2.05) is 45.1 Å². The molecule has 0 aliphatic heterocycles. The van der Waals surface area contributed by atoms with Crippen LogP contribution >= 0.6 is 0 Å². The summed E-state index contributed by atoms with van der Waals surface area (Å²) in [5.41, 5.74) is 1.01. The Morgan fingerprint density at radius 1 is 1.11 bits per heavy atom. The molecule has 2 atom stereocenters. The zero-order valence-electron chi connectivity index (χ0n) is 17.6. The van der Waals surface area contributed by atoms with Crippen LogP contribution in [0.4, 0.5) is 0 Å². The lowest BCUT2D eigenvalue weighted by Crippen LogP contribution is -2.92. The molecule has 2 rings (SSSR count). The number of hydrogen-bond donors (Lipinski definition) is 2. The molecule has 0 radical (unpaired) electrons. The van der Waals surface area contributed by atoms with Crippen molar-refractivity contribution < 1.29 is 18.5 Å². The Morgan fingerprint density at radius 2 is 1.68 bits per heavy atom. The van der Waals surface area contributed by atoms with Gasteiger partial charge < -0.3 is 10.6 Å². The van der Waals surface area contributed by atoms with E-state index in [2.05, 4.69) is 5.32 Å². The van der Waals surface area contributed by atoms with E-state index in [1.54, 1.807) is 12.1 Å². The van der Waals surface area contributed by atoms with Crippen LogP contribution in [-0.4, -0.2) is 43.8 Å². The lowest BCUT2D eigenvalue weighted by Gasteiger charge is -2.24. The summed E-state index contributed by atoms with van der Waals surface area (Å²) in [6, 6.07) is 7.23. The van der Waals surface area contributed by atoms with E-state index < -0.39 is 10.0 Å². The van der Waals surface area contributed by atoms with Gasteiger partial charge in [0.25, 0.3) is 5.91 Å². The molecule has 6 nitrogen and oxygen atoms in total. The van der Waals surface area contributed by atoms with E-state index in [0.717, 1.165) is 18.4 Å². The third kappa shape index (κ3) is 5.78. The highest BCUT2D eigenvalue weighted by Gasteiger charge is 2.25. The highest BCUT2D eigenvalue weighted by Crippen LogP contribution is 2.19. The quantitative estimate of drug-likeness (QED) is 0.654. The van der Waals surface area contributed by atoms with Gasteiger partial charge in [-0.15, -0.1) is 0 Å². The molecule has 1 aliphatic rings. The molecule has 1 saturated carbocycles. The van der Waals surface area contributed by atoms with Crippen LogP contribution in [0.1, 0.15) is 71.4 Å². The summed E-state index contributed by atoms with van der Waals surface area (Å²) in [7, 11) is -3.44. The maximum atomic E-state index is 12.6. The summed E-state index contributed by atoms with van der Waals surface area (Å²) in [5, 5.41) is 5.21. The van der Waals surface area contributed by atoms with E-state index in [4.69, 9.17) is 0 Å². The molecule has 158 valence electrons. The van der Waals surface area contributed by atoms with Crippen LogP contribution in [0.2, 0.25) is 0 Å². The summed E-state index contributed by atoms with van der Waals surface area (Å²) in [6.45, 7) is 8.56. The topological polar surface area (TPSA) is 83.1 Å². The number of rotatable bonds is 9. The molecule has 1 aromatic rings. The molecule has 3 N–H and O–H groups in total. The predicted octanol–water partition coefficient (Wildman–Crippen LogP) is 2.18. The van der Waals surface area contributed by atoms with Crippen LogP contribution in [0.15, 0.2) is 29.2 Å². The van der Waals surface area contributed by atoms with Gasteiger partial charge in [-0.05, 0) is 38.8 Å². The molecule has 1 amide bonds. The number of sulfonamides is 1. The van der Waals surface area contributed by atoms with Gasteiger partial charge in [-0.3, -0.25) is 4.79 Å². The van der Waals surface area contributed by atoms with Crippen molar-refractivity contribution in [2.24, 2.45) is 0 Å². The molecular weight excluding hydrogens is 374 g/mol. The van der Waals surface area contributed by atoms with E-state index in [-0.39, 0.29) is 18.0 Å². The maximum absolute atomic E-state index is 12.6. The Labute approximate surface area is 170 Å². The van der Waals surface area contributed by atoms with Crippen molar-refractivity contribution in [3.05, 3.63) is 29.8 Å². The number of carbonyl (C=O) groups excluding carboxylic acids is 1. The van der Waals surface area contributed by atoms with Crippen LogP contribution in [-0.2, 0) is 14.8 Å². The lowest BCUT2D eigenvalue weighted by atomic mass is 9.95. The SMILES string of the molecule is CCN(CC)S(=O)(=O)c1ccc([C@H](C)[NH2+][C@@H](C)C(=O)NC2CCCCC2)cc1. The van der Waals surface area contributed by atoms with Gasteiger partial charge in [-0.1, -0.05) is 45.2 Å². The largest absolute Gasteiger partial charge is 0.348 e. The average molecular weight is 411 g/mol. The van der Waals surface area contributed by atoms with Gasteiger partial charge in [0.15, 0.2) is 6.04 Å². The van der Waals surface area contributed by atoms with E-state index in [0.29, 0.717) is 24.0 Å². The van der Waals surface area contributed by atoms with Crippen LogP contribution in [0, 0.1) is 0 Å². The molecule has 0 bridgehead atoms. The summed E-state index contributed by atoms with van der Waals surface area (Å²) < 4.78 is 26.6. The standard InChI is InChI=1S/C21H35N3O3S/c1-5-24(6-2)28(26,27)20-14-12-18(13-15-20)16(3)22-17(4)21(25)23-19-10-8-7-9-11-19/h12-17,19,22H,5-11H2,1-4H3,(H,23,25)/p+1/t16-,17-/m0/s1. The average Bonchev–Trinajstić information content (AvgIpc) is 2.69. The Hall–Kier alpha value is -1.44. The second kappa shape index (κ2) is 10.4. The summed E-state index contributed by atoms with van der Waals surface area (Å²) >= 11 is 0. The molecule has 1 fully saturated rings. The number of carbonyl (C=O) groups is 1. The molecule has 0 saturated heterocycles. The lowest BCUT2D eigenvalue weighted by molar-refractivity contribution is -0.710. The fraction of sp³-hybridized carbons (Fsp3) is 0.667. The molecule has 28 heavy (non-hydrogen) atoms. The van der Waals surface area contributed by atoms with Gasteiger partial charge in [0.2, 0.25) is 10.0 Å². The van der Waals surface area contributed by atoms with Crippen molar-refractivity contribution in [2.45, 2.75) is 82.8 Å². The fourth-order valence-corrected chi connectivity index (χ4v) is 5.33. The Bertz CT molecular complexity index is 724. The van der Waals surface area contributed by atoms with Gasteiger partial charge in [-0.2, -0.15) is 4.31 Å². The first kappa shape index (κ1) is 22.8. The Kier molecular flexibility index (Phi) is 8.46. The summed E-state index contributed by atoms with van der Waals surface area (Å²) in [5.74, 6) is 0.0829. The Morgan fingerprint density at radius 3 is 2.21 bits per heavy atom. The van der Waals surface area contributed by atoms with E-state index >= 15 is 0 Å². The summed E-state index contributed by atoms with van der Waals surface area (Å²) in [4.78, 5) is 12.8. The number of nitrogens with two attached hydrogens (primary N) is 1. The van der Waals surface area contributed by atoms with Gasteiger partial charge in [-0.25, -0.2) is 8.42 Å². The molecule has 7 heteroatoms. The molecule has 1 aromatic carbocycles. The highest BCUT2D eigenvalue weighted by molar-refractivity contribution is 7.89. The first-order valence-electron chi connectivity index (χ1n) is 10.5. The smallest absolute Gasteiger partial charge is 0.278 e. The minimum atomic E-state index is -3.44. The molecular formula is C21H36N3O3S+. The Balaban J connectivity index is 1.96. The van der Waals surface area contributed by atoms with Crippen LogP contribution in [0.3, 0.4) is 0 Å². The number of quaternary nitrogens is 1. The third-order valence-corrected chi connectivity index (χ3v) is 7.76. The molecule has 0 heterocycles. The second-order valence-electron chi connectivity index (χ2n) is 7.77. The first-order valence-corrected chi connectivity index (χ1v) is 12.0. The van der Waals surface area contributed by atoms with Crippen molar-refractivity contribution in [1.29, 1.82) is 0 Å². The van der Waals surface area contributed by atoms with Crippen molar-refractivity contribution in [3.63, 3.8) is 0 Å². The monoisotopic (exact) mass is 410 g/mol. The highest BCUT2D eigenvalue weighted by atomic mass is 32.2. The van der Waals surface area contributed by atoms with Crippen LogP contribution in [0.25, 0.3) is 0 Å². The zero-order valence-corrected chi connectivity index (χ0v) is 18.5. The normalized spacial score (nSPS) is 18.0. The number of nitrogens with one attached hydrogen (secondary N) is 1. The van der Waals surface area contributed by atoms with Crippen LogP contribution < -0.4 is 10.6 Å². The first-order chi connectivity index (χ1) is 13.3. The van der Waals surface area contributed by atoms with Crippen molar-refractivity contribution in [2.75, 3.05) is 13.1 Å². The van der Waals surface area contributed by atoms with Crippen molar-refractivity contribution in [1.82, 2.24) is 9.62 Å². The number of nitrogens with zero attached hydrogens (tertiary/aromatic N) is 1. The van der Waals surface area contributed by atoms with E-state index in [9.17, 15) is 13.2 Å². The van der Waals surface area contributed by atoms with Gasteiger partial charge in [0.05, 0.1) is 4.90 Å². The van der Waals surface area contributed by atoms with Crippen LogP contribution in [0.5, 0.6) is 0 Å². The maximum Gasteiger partial charge on any atom is 0.278 e. The third-order valence-electron chi connectivity index (χ3n) is 5.69. The van der Waals surface area contributed by atoms with Crippen molar-refractivity contribution in [3.8, 4) is 0 Å². The van der Waals surface area contributed by atoms with E-state index in [1.165, 1.54) is 23.6 Å². The van der Waals surface area contributed by atoms with Gasteiger partial charge >= 0.3 is 0 Å². The van der Waals surface area contributed by atoms with Crippen molar-refractivity contribution >= 4 is 15.9 Å². The molecule has 0 spiro atoms. The minimum Gasteiger partial charge on any atom is -0.348 e. The number of benzene rings is 1. The predicted molar refractivity (Wildman–Crippen MR) is 111 cm³/mol. The molecule has 0 unspecified atom stereocenters. The van der Waals surface area contributed by atoms with Gasteiger partial charge in [0, 0.05) is 24.7 Å². The minimum absolute atomic E-state index is 0.0670. The second-order valence-corrected chi connectivity index (χ2v) is 9.71. The summed E-state index contributed by atoms with van der Waals surface area (Å²) in [6.07, 6.45) is 5.82. The number of hydrogen-bond acceptors (Lipinski definition) is 3. The number of amides is 1. The molecule has 0 aromatic heterocycles. The molecule has 1 aliphatic carbocycles. The zero-order chi connectivity index (χ0) is 20.7.